The molecular formula is C17H16ClNO5. The van der Waals surface area contributed by atoms with Crippen molar-refractivity contribution in [3.63, 3.8) is 0 Å². The van der Waals surface area contributed by atoms with E-state index in [2.05, 4.69) is 5.32 Å². The van der Waals surface area contributed by atoms with Crippen LogP contribution in [0, 0.1) is 0 Å². The van der Waals surface area contributed by atoms with E-state index in [4.69, 9.17) is 25.8 Å². The summed E-state index contributed by atoms with van der Waals surface area (Å²) >= 11 is 6.06. The van der Waals surface area contributed by atoms with Gasteiger partial charge in [-0.05, 0) is 36.4 Å². The Morgan fingerprint density at radius 2 is 1.88 bits per heavy atom. The molecule has 0 unspecified atom stereocenters. The highest BCUT2D eigenvalue weighted by Crippen LogP contribution is 2.36. The summed E-state index contributed by atoms with van der Waals surface area (Å²) < 4.78 is 15.6. The Morgan fingerprint density at radius 1 is 1.17 bits per heavy atom. The van der Waals surface area contributed by atoms with Gasteiger partial charge in [0.25, 0.3) is 5.91 Å². The van der Waals surface area contributed by atoms with Gasteiger partial charge in [0.1, 0.15) is 12.0 Å². The minimum absolute atomic E-state index is 0.189. The molecule has 0 bridgehead atoms. The van der Waals surface area contributed by atoms with Gasteiger partial charge < -0.3 is 19.5 Å². The van der Waals surface area contributed by atoms with Crippen LogP contribution in [0.4, 0.5) is 5.69 Å². The van der Waals surface area contributed by atoms with E-state index in [1.54, 1.807) is 31.4 Å². The summed E-state index contributed by atoms with van der Waals surface area (Å²) in [5.41, 5.74) is 0.964. The van der Waals surface area contributed by atoms with Gasteiger partial charge in [-0.1, -0.05) is 11.6 Å². The molecule has 0 fully saturated rings. The Labute approximate surface area is 144 Å². The fraction of sp³-hybridized carbons (Fsp3) is 0.176. The van der Waals surface area contributed by atoms with E-state index < -0.39 is 0 Å². The number of hydrogen-bond acceptors (Lipinski definition) is 5. The third kappa shape index (κ3) is 4.39. The average molecular weight is 350 g/mol. The Bertz CT molecular complexity index is 731. The second kappa shape index (κ2) is 8.21. The molecule has 2 aromatic carbocycles. The van der Waals surface area contributed by atoms with Crippen LogP contribution in [0.2, 0.25) is 5.02 Å². The topological polar surface area (TPSA) is 73.9 Å². The molecule has 24 heavy (non-hydrogen) atoms. The molecule has 7 heteroatoms. The van der Waals surface area contributed by atoms with E-state index in [-0.39, 0.29) is 29.0 Å². The Kier molecular flexibility index (Phi) is 6.03. The minimum atomic E-state index is -0.363. The van der Waals surface area contributed by atoms with Gasteiger partial charge in [-0.15, -0.1) is 0 Å². The number of rotatable bonds is 7. The van der Waals surface area contributed by atoms with Crippen molar-refractivity contribution in [1.29, 1.82) is 0 Å². The molecule has 2 rings (SSSR count). The molecule has 0 aromatic heterocycles. The highest BCUT2D eigenvalue weighted by atomic mass is 35.5. The maximum absolute atomic E-state index is 12.0. The normalized spacial score (nSPS) is 9.96. The monoisotopic (exact) mass is 349 g/mol. The summed E-state index contributed by atoms with van der Waals surface area (Å²) in [4.78, 5) is 22.8. The van der Waals surface area contributed by atoms with Crippen molar-refractivity contribution in [2.75, 3.05) is 26.1 Å². The lowest BCUT2D eigenvalue weighted by atomic mass is 10.2. The zero-order chi connectivity index (χ0) is 17.5. The summed E-state index contributed by atoms with van der Waals surface area (Å²) in [6.45, 7) is -0.261. The number of aldehydes is 1. The number of amides is 1. The first-order valence-electron chi connectivity index (χ1n) is 6.96. The molecule has 0 saturated heterocycles. The van der Waals surface area contributed by atoms with Gasteiger partial charge in [0, 0.05) is 11.3 Å². The first-order valence-corrected chi connectivity index (χ1v) is 7.34. The summed E-state index contributed by atoms with van der Waals surface area (Å²) in [5, 5.41) is 2.87. The molecule has 1 amide bonds. The summed E-state index contributed by atoms with van der Waals surface area (Å²) in [6, 6.07) is 9.80. The number of hydrogen-bond donors (Lipinski definition) is 1. The smallest absolute Gasteiger partial charge is 0.262 e. The number of methoxy groups -OCH3 is 2. The van der Waals surface area contributed by atoms with Crippen LogP contribution in [0.5, 0.6) is 17.2 Å². The van der Waals surface area contributed by atoms with Crippen LogP contribution < -0.4 is 19.5 Å². The van der Waals surface area contributed by atoms with Crippen molar-refractivity contribution in [2.45, 2.75) is 0 Å². The van der Waals surface area contributed by atoms with Crippen LogP contribution in [-0.2, 0) is 4.79 Å². The summed E-state index contributed by atoms with van der Waals surface area (Å²) in [5.74, 6) is 0.810. The molecule has 0 radical (unpaired) electrons. The highest BCUT2D eigenvalue weighted by Gasteiger charge is 2.14. The Hall–Kier alpha value is -2.73. The van der Waals surface area contributed by atoms with Crippen molar-refractivity contribution in [2.24, 2.45) is 0 Å². The van der Waals surface area contributed by atoms with Crippen LogP contribution in [0.15, 0.2) is 36.4 Å². The molecule has 0 aliphatic carbocycles. The third-order valence-corrected chi connectivity index (χ3v) is 3.39. The first-order chi connectivity index (χ1) is 11.6. The van der Waals surface area contributed by atoms with Crippen molar-refractivity contribution in [3.05, 3.63) is 47.0 Å². The van der Waals surface area contributed by atoms with Gasteiger partial charge in [-0.3, -0.25) is 9.59 Å². The summed E-state index contributed by atoms with van der Waals surface area (Å²) in [7, 11) is 2.99. The molecule has 0 saturated carbocycles. The molecule has 1 N–H and O–H groups in total. The predicted molar refractivity (Wildman–Crippen MR) is 90.5 cm³/mol. The lowest BCUT2D eigenvalue weighted by Gasteiger charge is -2.13. The molecule has 0 heterocycles. The minimum Gasteiger partial charge on any atom is -0.497 e. The van der Waals surface area contributed by atoms with Crippen LogP contribution in [0.25, 0.3) is 0 Å². The SMILES string of the molecule is COc1ccc(NC(=O)COc2c(Cl)cc(C=O)cc2OC)cc1. The number of benzene rings is 2. The molecule has 0 aliphatic heterocycles. The maximum atomic E-state index is 12.0. The number of halogens is 1. The second-order valence-electron chi connectivity index (χ2n) is 4.72. The van der Waals surface area contributed by atoms with Crippen molar-refractivity contribution >= 4 is 29.5 Å². The van der Waals surface area contributed by atoms with Gasteiger partial charge in [-0.2, -0.15) is 0 Å². The molecule has 0 aliphatic rings. The van der Waals surface area contributed by atoms with Gasteiger partial charge >= 0.3 is 0 Å². The van der Waals surface area contributed by atoms with E-state index in [0.29, 0.717) is 23.3 Å². The number of anilines is 1. The van der Waals surface area contributed by atoms with Gasteiger partial charge in [0.05, 0.1) is 19.2 Å². The zero-order valence-electron chi connectivity index (χ0n) is 13.2. The summed E-state index contributed by atoms with van der Waals surface area (Å²) in [6.07, 6.45) is 0.647. The second-order valence-corrected chi connectivity index (χ2v) is 5.12. The lowest BCUT2D eigenvalue weighted by molar-refractivity contribution is -0.118. The number of ether oxygens (including phenoxy) is 3. The standard InChI is InChI=1S/C17H16ClNO5/c1-22-13-5-3-12(4-6-13)19-16(21)10-24-17-14(18)7-11(9-20)8-15(17)23-2/h3-9H,10H2,1-2H3,(H,19,21). The largest absolute Gasteiger partial charge is 0.497 e. The highest BCUT2D eigenvalue weighted by molar-refractivity contribution is 6.32. The van der Waals surface area contributed by atoms with Crippen LogP contribution in [-0.4, -0.2) is 33.0 Å². The zero-order valence-corrected chi connectivity index (χ0v) is 13.9. The lowest BCUT2D eigenvalue weighted by Crippen LogP contribution is -2.20. The Balaban J connectivity index is 2.01. The van der Waals surface area contributed by atoms with E-state index in [9.17, 15) is 9.59 Å². The molecular weight excluding hydrogens is 334 g/mol. The predicted octanol–water partition coefficient (Wildman–Crippen LogP) is 3.19. The van der Waals surface area contributed by atoms with E-state index in [0.717, 1.165) is 0 Å². The quantitative estimate of drug-likeness (QED) is 0.777. The van der Waals surface area contributed by atoms with Crippen LogP contribution >= 0.6 is 11.6 Å². The van der Waals surface area contributed by atoms with Crippen molar-refractivity contribution in [3.8, 4) is 17.2 Å². The van der Waals surface area contributed by atoms with Crippen LogP contribution in [0.1, 0.15) is 10.4 Å². The average Bonchev–Trinajstić information content (AvgIpc) is 2.60. The van der Waals surface area contributed by atoms with Gasteiger partial charge in [-0.25, -0.2) is 0 Å². The molecule has 2 aromatic rings. The fourth-order valence-electron chi connectivity index (χ4n) is 1.96. The maximum Gasteiger partial charge on any atom is 0.262 e. The van der Waals surface area contributed by atoms with Crippen molar-refractivity contribution < 1.29 is 23.8 Å². The number of carbonyl (C=O) groups is 2. The molecule has 126 valence electrons. The Morgan fingerprint density at radius 3 is 2.46 bits per heavy atom. The number of carbonyl (C=O) groups excluding carboxylic acids is 2. The van der Waals surface area contributed by atoms with E-state index in [1.807, 2.05) is 0 Å². The third-order valence-electron chi connectivity index (χ3n) is 3.11. The molecule has 0 spiro atoms. The van der Waals surface area contributed by atoms with Crippen LogP contribution in [0.3, 0.4) is 0 Å². The molecule has 6 nitrogen and oxygen atoms in total. The van der Waals surface area contributed by atoms with E-state index >= 15 is 0 Å². The first kappa shape index (κ1) is 17.6. The number of nitrogens with one attached hydrogen (secondary N) is 1. The van der Waals surface area contributed by atoms with E-state index in [1.165, 1.54) is 19.2 Å². The fourth-order valence-corrected chi connectivity index (χ4v) is 2.23. The van der Waals surface area contributed by atoms with Gasteiger partial charge in [0.2, 0.25) is 0 Å². The van der Waals surface area contributed by atoms with Crippen molar-refractivity contribution in [1.82, 2.24) is 0 Å². The van der Waals surface area contributed by atoms with Gasteiger partial charge in [0.15, 0.2) is 18.1 Å². The molecule has 0 atom stereocenters.